The normalized spacial score (nSPS) is 18.7. The second kappa shape index (κ2) is 10.4. The highest BCUT2D eigenvalue weighted by Gasteiger charge is 2.29. The third-order valence-electron chi connectivity index (χ3n) is 7.53. The summed E-state index contributed by atoms with van der Waals surface area (Å²) in [7, 11) is 0. The van der Waals surface area contributed by atoms with Crippen molar-refractivity contribution in [2.45, 2.75) is 44.7 Å². The Bertz CT molecular complexity index is 1590. The van der Waals surface area contributed by atoms with Gasteiger partial charge in [0, 0.05) is 37.0 Å². The van der Waals surface area contributed by atoms with Gasteiger partial charge in [-0.25, -0.2) is 9.07 Å². The minimum Gasteiger partial charge on any atom is -0.383 e. The molecule has 1 saturated carbocycles. The van der Waals surface area contributed by atoms with E-state index in [1.807, 2.05) is 6.07 Å². The molecule has 200 valence electrons. The Kier molecular flexibility index (Phi) is 6.51. The van der Waals surface area contributed by atoms with Crippen LogP contribution in [0.15, 0.2) is 48.8 Å². The molecule has 2 aromatic carbocycles. The fourth-order valence-electron chi connectivity index (χ4n) is 4.90. The molecule has 1 aliphatic carbocycles. The zero-order chi connectivity index (χ0) is 27.9. The van der Waals surface area contributed by atoms with Gasteiger partial charge in [-0.05, 0) is 60.9 Å². The number of benzene rings is 2. The number of hydrogen-bond donors (Lipinski definition) is 2. The molecule has 1 saturated heterocycles. The summed E-state index contributed by atoms with van der Waals surface area (Å²) in [5.74, 6) is -0.398. The van der Waals surface area contributed by atoms with Crippen LogP contribution in [0.25, 0.3) is 10.9 Å². The van der Waals surface area contributed by atoms with Gasteiger partial charge in [-0.15, -0.1) is 5.10 Å². The van der Waals surface area contributed by atoms with E-state index in [-0.39, 0.29) is 11.5 Å². The number of nitrogens with zero attached hydrogens (tertiary/aromatic N) is 5. The Morgan fingerprint density at radius 2 is 2.05 bits per heavy atom. The van der Waals surface area contributed by atoms with E-state index in [1.165, 1.54) is 18.3 Å². The molecular weight excluding hydrogens is 517 g/mol. The number of ether oxygens (including phenoxy) is 1. The molecule has 39 heavy (non-hydrogen) atoms. The van der Waals surface area contributed by atoms with Gasteiger partial charge >= 0.3 is 0 Å². The van der Waals surface area contributed by atoms with Gasteiger partial charge in [0.1, 0.15) is 17.6 Å². The Balaban J connectivity index is 1.41. The molecule has 3 heterocycles. The van der Waals surface area contributed by atoms with Crippen LogP contribution in [0.4, 0.5) is 15.8 Å². The van der Waals surface area contributed by atoms with Crippen LogP contribution >= 0.6 is 11.6 Å². The minimum atomic E-state index is -1.60. The maximum Gasteiger partial charge on any atom is 0.123 e. The molecule has 1 atom stereocenters. The molecule has 8 nitrogen and oxygen atoms in total. The van der Waals surface area contributed by atoms with Gasteiger partial charge in [0.25, 0.3) is 0 Å². The van der Waals surface area contributed by atoms with Gasteiger partial charge in [0.05, 0.1) is 41.4 Å². The van der Waals surface area contributed by atoms with Gasteiger partial charge in [-0.3, -0.25) is 4.98 Å². The fourth-order valence-corrected chi connectivity index (χ4v) is 5.17. The predicted molar refractivity (Wildman–Crippen MR) is 148 cm³/mol. The summed E-state index contributed by atoms with van der Waals surface area (Å²) in [6.07, 6.45) is 7.17. The van der Waals surface area contributed by atoms with Crippen LogP contribution in [0.2, 0.25) is 5.02 Å². The smallest absolute Gasteiger partial charge is 0.123 e. The highest BCUT2D eigenvalue weighted by atomic mass is 35.5. The monoisotopic (exact) mass is 546 g/mol. The first-order chi connectivity index (χ1) is 19.3. The van der Waals surface area contributed by atoms with Crippen molar-refractivity contribution in [3.63, 3.8) is 0 Å². The SMILES string of the molecule is [2H]C(Nc1cc(Cl)c2ncc(C#N)c(NCC3(C)CCOCC3)c2c1)(c1ccc(F)cc1)c1cn(C2CC2)nn1. The summed E-state index contributed by atoms with van der Waals surface area (Å²) in [6.45, 7) is 4.28. The lowest BCUT2D eigenvalue weighted by Crippen LogP contribution is -2.33. The van der Waals surface area contributed by atoms with Gasteiger partial charge in [0.2, 0.25) is 0 Å². The average Bonchev–Trinajstić information content (AvgIpc) is 3.68. The zero-order valence-corrected chi connectivity index (χ0v) is 22.3. The van der Waals surface area contributed by atoms with E-state index in [9.17, 15) is 11.0 Å². The topological polar surface area (TPSA) is 101 Å². The molecule has 4 aromatic rings. The molecule has 1 unspecified atom stereocenters. The van der Waals surface area contributed by atoms with E-state index < -0.39 is 11.8 Å². The van der Waals surface area contributed by atoms with Gasteiger partial charge < -0.3 is 15.4 Å². The molecule has 0 amide bonds. The number of pyridine rings is 1. The predicted octanol–water partition coefficient (Wildman–Crippen LogP) is 6.26. The van der Waals surface area contributed by atoms with Crippen LogP contribution in [0, 0.1) is 22.6 Å². The Labute approximate surface area is 232 Å². The van der Waals surface area contributed by atoms with Crippen LogP contribution in [-0.4, -0.2) is 39.7 Å². The van der Waals surface area contributed by atoms with Crippen molar-refractivity contribution in [2.24, 2.45) is 5.41 Å². The summed E-state index contributed by atoms with van der Waals surface area (Å²) in [5, 5.41) is 26.3. The molecule has 10 heteroatoms. The van der Waals surface area contributed by atoms with Crippen LogP contribution in [0.5, 0.6) is 0 Å². The number of aromatic nitrogens is 4. The molecule has 0 spiro atoms. The van der Waals surface area contributed by atoms with Crippen molar-refractivity contribution in [2.75, 3.05) is 30.4 Å². The highest BCUT2D eigenvalue weighted by Crippen LogP contribution is 2.38. The second-order valence-electron chi connectivity index (χ2n) is 10.6. The summed E-state index contributed by atoms with van der Waals surface area (Å²) < 4.78 is 30.7. The van der Waals surface area contributed by atoms with Crippen molar-refractivity contribution < 1.29 is 10.5 Å². The van der Waals surface area contributed by atoms with Crippen molar-refractivity contribution >= 4 is 33.9 Å². The van der Waals surface area contributed by atoms with E-state index in [0.717, 1.165) is 25.7 Å². The first-order valence-corrected chi connectivity index (χ1v) is 13.5. The van der Waals surface area contributed by atoms with E-state index >= 15 is 0 Å². The standard InChI is InChI=1S/C29H29ClFN7O/c1-29(8-10-39-11-9-29)17-34-26-19(14-32)15-33-28-23(26)12-21(13-24(28)30)35-27(18-2-4-20(31)5-3-18)25-16-38(37-36-25)22-6-7-22/h2-5,12-13,15-16,22,27,35H,6-11,17H2,1H3,(H,33,34)/i27D. The Hall–Kier alpha value is -3.74. The summed E-state index contributed by atoms with van der Waals surface area (Å²) in [4.78, 5) is 4.46. The summed E-state index contributed by atoms with van der Waals surface area (Å²) >= 11 is 6.73. The Morgan fingerprint density at radius 1 is 1.28 bits per heavy atom. The van der Waals surface area contributed by atoms with E-state index in [1.54, 1.807) is 29.1 Å². The molecule has 2 aliphatic rings. The number of anilines is 2. The minimum absolute atomic E-state index is 0.0204. The average molecular weight is 547 g/mol. The molecule has 2 aromatic heterocycles. The number of fused-ring (bicyclic) bond motifs is 1. The number of hydrogen-bond acceptors (Lipinski definition) is 7. The van der Waals surface area contributed by atoms with E-state index in [2.05, 4.69) is 38.9 Å². The fraction of sp³-hybridized carbons (Fsp3) is 0.379. The third kappa shape index (κ3) is 5.40. The van der Waals surface area contributed by atoms with Crippen molar-refractivity contribution in [3.8, 4) is 6.07 Å². The molecule has 2 fully saturated rings. The lowest BCUT2D eigenvalue weighted by molar-refractivity contribution is 0.0300. The number of nitrogens with one attached hydrogen (secondary N) is 2. The van der Waals surface area contributed by atoms with Crippen molar-refractivity contribution in [1.29, 1.82) is 5.26 Å². The van der Waals surface area contributed by atoms with Crippen molar-refractivity contribution in [1.82, 2.24) is 20.0 Å². The molecule has 1 aliphatic heterocycles. The molecular formula is C29H29ClFN7O. The molecule has 0 radical (unpaired) electrons. The summed E-state index contributed by atoms with van der Waals surface area (Å²) in [5.41, 5.74) is 2.99. The quantitative estimate of drug-likeness (QED) is 0.269. The van der Waals surface area contributed by atoms with Crippen LogP contribution in [-0.2, 0) is 4.74 Å². The van der Waals surface area contributed by atoms with Gasteiger partial charge in [0.15, 0.2) is 0 Å². The van der Waals surface area contributed by atoms with Crippen LogP contribution in [0.3, 0.4) is 0 Å². The molecule has 0 bridgehead atoms. The maximum atomic E-state index is 13.8. The number of nitriles is 1. The van der Waals surface area contributed by atoms with Gasteiger partial charge in [-0.2, -0.15) is 5.26 Å². The van der Waals surface area contributed by atoms with Crippen LogP contribution in [0.1, 0.15) is 62.9 Å². The lowest BCUT2D eigenvalue weighted by Gasteiger charge is -2.34. The van der Waals surface area contributed by atoms with Crippen molar-refractivity contribution in [3.05, 3.63) is 76.5 Å². The van der Waals surface area contributed by atoms with Crippen LogP contribution < -0.4 is 10.6 Å². The van der Waals surface area contributed by atoms with Gasteiger partial charge in [-0.1, -0.05) is 35.9 Å². The Morgan fingerprint density at radius 3 is 2.77 bits per heavy atom. The third-order valence-corrected chi connectivity index (χ3v) is 7.81. The number of halogens is 2. The summed E-state index contributed by atoms with van der Waals surface area (Å²) in [6, 6.07) is 10.2. The van der Waals surface area contributed by atoms with E-state index in [4.69, 9.17) is 16.3 Å². The largest absolute Gasteiger partial charge is 0.383 e. The second-order valence-corrected chi connectivity index (χ2v) is 11.0. The first kappa shape index (κ1) is 24.3. The maximum absolute atomic E-state index is 13.8. The lowest BCUT2D eigenvalue weighted by atomic mass is 9.82. The molecule has 6 rings (SSSR count). The zero-order valence-electron chi connectivity index (χ0n) is 22.5. The van der Waals surface area contributed by atoms with E-state index in [0.29, 0.717) is 63.9 Å². The highest BCUT2D eigenvalue weighted by molar-refractivity contribution is 6.35. The molecule has 2 N–H and O–H groups in total. The first-order valence-electron chi connectivity index (χ1n) is 13.6. The number of rotatable bonds is 8.